The molecule has 2 heteroatoms. The van der Waals surface area contributed by atoms with Gasteiger partial charge in [0.15, 0.2) is 0 Å². The fraction of sp³-hybridized carbons (Fsp3) is 1.00. The van der Waals surface area contributed by atoms with Crippen molar-refractivity contribution in [2.75, 3.05) is 20.1 Å². The Bertz CT molecular complexity index is 157. The van der Waals surface area contributed by atoms with Gasteiger partial charge >= 0.3 is 0 Å². The molecule has 0 bridgehead atoms. The average molecular weight is 141 g/mol. The molecule has 0 radical (unpaired) electrons. The molecule has 1 N–H and O–H groups in total. The molecule has 0 aromatic heterocycles. The first kappa shape index (κ1) is 6.62. The minimum absolute atomic E-state index is 0.277. The normalized spacial score (nSPS) is 35.1. The van der Waals surface area contributed by atoms with Crippen molar-refractivity contribution in [3.05, 3.63) is 0 Å². The minimum Gasteiger partial charge on any atom is -0.387 e. The molecular weight excluding hydrogens is 126 g/mol. The third-order valence-corrected chi connectivity index (χ3v) is 3.19. The number of hydrogen-bond donors (Lipinski definition) is 1. The van der Waals surface area contributed by atoms with Crippen molar-refractivity contribution in [3.63, 3.8) is 0 Å². The summed E-state index contributed by atoms with van der Waals surface area (Å²) in [7, 11) is 2.06. The first-order valence-electron chi connectivity index (χ1n) is 3.97. The van der Waals surface area contributed by atoms with E-state index < -0.39 is 0 Å². The number of β-amino-alcohol motifs (C(OH)–C–C–N with tert-alkyl or cyclic N) is 1. The van der Waals surface area contributed by atoms with Crippen molar-refractivity contribution in [1.29, 1.82) is 0 Å². The van der Waals surface area contributed by atoms with Crippen LogP contribution < -0.4 is 0 Å². The Morgan fingerprint density at radius 3 is 2.10 bits per heavy atom. The summed E-state index contributed by atoms with van der Waals surface area (Å²) in [5.41, 5.74) is -0.0543. The molecule has 1 aliphatic carbocycles. The number of rotatable bonds is 1. The van der Waals surface area contributed by atoms with Gasteiger partial charge in [0.25, 0.3) is 0 Å². The molecule has 2 fully saturated rings. The number of likely N-dealkylation sites (N-methyl/N-ethyl adjacent to an activating group) is 1. The molecular formula is C8H15NO. The van der Waals surface area contributed by atoms with Gasteiger partial charge in [0.05, 0.1) is 5.60 Å². The van der Waals surface area contributed by atoms with Crippen LogP contribution in [-0.4, -0.2) is 35.7 Å². The molecule has 1 saturated carbocycles. The number of likely N-dealkylation sites (tertiary alicyclic amines) is 1. The van der Waals surface area contributed by atoms with Gasteiger partial charge in [0.2, 0.25) is 0 Å². The second kappa shape index (κ2) is 1.56. The highest BCUT2D eigenvalue weighted by atomic mass is 16.3. The first-order valence-corrected chi connectivity index (χ1v) is 3.97. The molecule has 0 atom stereocenters. The highest BCUT2D eigenvalue weighted by molar-refractivity contribution is 5.12. The number of nitrogens with zero attached hydrogens (tertiary/aromatic N) is 1. The average Bonchev–Trinajstić information content (AvgIpc) is 2.45. The molecule has 58 valence electrons. The van der Waals surface area contributed by atoms with Gasteiger partial charge in [-0.1, -0.05) is 6.92 Å². The van der Waals surface area contributed by atoms with Gasteiger partial charge in [0, 0.05) is 13.1 Å². The van der Waals surface area contributed by atoms with Gasteiger partial charge in [-0.2, -0.15) is 0 Å². The van der Waals surface area contributed by atoms with E-state index in [4.69, 9.17) is 0 Å². The Hall–Kier alpha value is -0.0800. The largest absolute Gasteiger partial charge is 0.387 e. The van der Waals surface area contributed by atoms with Crippen molar-refractivity contribution in [3.8, 4) is 0 Å². The predicted octanol–water partition coefficient (Wildman–Crippen LogP) is 0.463. The Kier molecular flexibility index (Phi) is 1.03. The minimum atomic E-state index is -0.332. The fourth-order valence-electron chi connectivity index (χ4n) is 1.88. The van der Waals surface area contributed by atoms with Crippen LogP contribution in [0.2, 0.25) is 0 Å². The Balaban J connectivity index is 2.04. The zero-order valence-electron chi connectivity index (χ0n) is 6.72. The van der Waals surface area contributed by atoms with Crippen LogP contribution in [0, 0.1) is 5.41 Å². The molecule has 2 aliphatic rings. The van der Waals surface area contributed by atoms with Crippen molar-refractivity contribution in [2.24, 2.45) is 5.41 Å². The van der Waals surface area contributed by atoms with E-state index in [1.54, 1.807) is 0 Å². The zero-order chi connectivity index (χ0) is 7.41. The van der Waals surface area contributed by atoms with E-state index in [0.717, 1.165) is 13.1 Å². The lowest BCUT2D eigenvalue weighted by Gasteiger charge is -2.49. The van der Waals surface area contributed by atoms with E-state index in [1.165, 1.54) is 12.8 Å². The van der Waals surface area contributed by atoms with Crippen LogP contribution in [0.3, 0.4) is 0 Å². The standard InChI is InChI=1S/C8H15NO/c1-7(3-4-7)8(10)5-9(2)6-8/h10H,3-6H2,1-2H3. The first-order chi connectivity index (χ1) is 4.56. The van der Waals surface area contributed by atoms with Crippen LogP contribution in [0.15, 0.2) is 0 Å². The lowest BCUT2D eigenvalue weighted by Crippen LogP contribution is -2.64. The van der Waals surface area contributed by atoms with Crippen molar-refractivity contribution in [2.45, 2.75) is 25.4 Å². The van der Waals surface area contributed by atoms with Gasteiger partial charge in [0.1, 0.15) is 0 Å². The Morgan fingerprint density at radius 1 is 1.30 bits per heavy atom. The Labute approximate surface area is 61.8 Å². The topological polar surface area (TPSA) is 23.5 Å². The molecule has 2 rings (SSSR count). The monoisotopic (exact) mass is 141 g/mol. The quantitative estimate of drug-likeness (QED) is 0.573. The molecule has 0 aromatic rings. The second-order valence-corrected chi connectivity index (χ2v) is 4.26. The van der Waals surface area contributed by atoms with E-state index in [-0.39, 0.29) is 11.0 Å². The van der Waals surface area contributed by atoms with Crippen LogP contribution in [0.5, 0.6) is 0 Å². The molecule has 0 unspecified atom stereocenters. The van der Waals surface area contributed by atoms with Gasteiger partial charge in [-0.3, -0.25) is 0 Å². The van der Waals surface area contributed by atoms with Gasteiger partial charge < -0.3 is 10.0 Å². The lowest BCUT2D eigenvalue weighted by molar-refractivity contribution is -0.132. The molecule has 1 saturated heterocycles. The van der Waals surface area contributed by atoms with E-state index in [2.05, 4.69) is 18.9 Å². The summed E-state index contributed by atoms with van der Waals surface area (Å²) in [4.78, 5) is 2.17. The predicted molar refractivity (Wildman–Crippen MR) is 39.8 cm³/mol. The maximum atomic E-state index is 9.94. The number of aliphatic hydroxyl groups is 1. The highest BCUT2D eigenvalue weighted by Crippen LogP contribution is 2.56. The summed E-state index contributed by atoms with van der Waals surface area (Å²) in [5, 5.41) is 9.94. The van der Waals surface area contributed by atoms with Gasteiger partial charge in [-0.15, -0.1) is 0 Å². The SMILES string of the molecule is CN1CC(O)(C2(C)CC2)C1. The van der Waals surface area contributed by atoms with Crippen LogP contribution >= 0.6 is 0 Å². The molecule has 2 nitrogen and oxygen atoms in total. The molecule has 10 heavy (non-hydrogen) atoms. The van der Waals surface area contributed by atoms with Crippen molar-refractivity contribution >= 4 is 0 Å². The van der Waals surface area contributed by atoms with Crippen LogP contribution in [-0.2, 0) is 0 Å². The maximum absolute atomic E-state index is 9.94. The summed E-state index contributed by atoms with van der Waals surface area (Å²) in [6, 6.07) is 0. The summed E-state index contributed by atoms with van der Waals surface area (Å²) < 4.78 is 0. The number of hydrogen-bond acceptors (Lipinski definition) is 2. The summed E-state index contributed by atoms with van der Waals surface area (Å²) in [5.74, 6) is 0. The fourth-order valence-corrected chi connectivity index (χ4v) is 1.88. The third-order valence-electron chi connectivity index (χ3n) is 3.19. The van der Waals surface area contributed by atoms with E-state index in [9.17, 15) is 5.11 Å². The smallest absolute Gasteiger partial charge is 0.0953 e. The molecule has 0 spiro atoms. The molecule has 1 heterocycles. The Morgan fingerprint density at radius 2 is 1.80 bits per heavy atom. The van der Waals surface area contributed by atoms with Crippen molar-refractivity contribution in [1.82, 2.24) is 4.90 Å². The van der Waals surface area contributed by atoms with E-state index in [1.807, 2.05) is 0 Å². The third kappa shape index (κ3) is 0.663. The second-order valence-electron chi connectivity index (χ2n) is 4.26. The highest BCUT2D eigenvalue weighted by Gasteiger charge is 2.59. The summed E-state index contributed by atoms with van der Waals surface area (Å²) in [6.45, 7) is 3.95. The maximum Gasteiger partial charge on any atom is 0.0953 e. The van der Waals surface area contributed by atoms with Crippen LogP contribution in [0.1, 0.15) is 19.8 Å². The van der Waals surface area contributed by atoms with E-state index in [0.29, 0.717) is 0 Å². The molecule has 0 amide bonds. The van der Waals surface area contributed by atoms with Gasteiger partial charge in [-0.25, -0.2) is 0 Å². The van der Waals surface area contributed by atoms with Crippen LogP contribution in [0.4, 0.5) is 0 Å². The summed E-state index contributed by atoms with van der Waals surface area (Å²) in [6.07, 6.45) is 2.44. The molecule has 0 aromatic carbocycles. The van der Waals surface area contributed by atoms with Crippen LogP contribution in [0.25, 0.3) is 0 Å². The zero-order valence-corrected chi connectivity index (χ0v) is 6.72. The lowest BCUT2D eigenvalue weighted by atomic mass is 9.79. The molecule has 1 aliphatic heterocycles. The summed E-state index contributed by atoms with van der Waals surface area (Å²) >= 11 is 0. The van der Waals surface area contributed by atoms with E-state index >= 15 is 0 Å². The van der Waals surface area contributed by atoms with Gasteiger partial charge in [-0.05, 0) is 25.3 Å². The van der Waals surface area contributed by atoms with Crippen molar-refractivity contribution < 1.29 is 5.11 Å².